The fourth-order valence-corrected chi connectivity index (χ4v) is 4.27. The van der Waals surface area contributed by atoms with Gasteiger partial charge >= 0.3 is 0 Å². The van der Waals surface area contributed by atoms with Crippen LogP contribution < -0.4 is 10.5 Å². The van der Waals surface area contributed by atoms with Gasteiger partial charge in [0.15, 0.2) is 0 Å². The minimum atomic E-state index is -0.0599. The van der Waals surface area contributed by atoms with E-state index in [1.54, 1.807) is 4.68 Å². The first-order chi connectivity index (χ1) is 14.9. The van der Waals surface area contributed by atoms with Crippen molar-refractivity contribution in [1.29, 1.82) is 0 Å². The quantitative estimate of drug-likeness (QED) is 0.359. The molecule has 0 amide bonds. The lowest BCUT2D eigenvalue weighted by atomic mass is 10.1. The number of nitrogens with zero attached hydrogens (tertiary/aromatic N) is 3. The third-order valence-electron chi connectivity index (χ3n) is 5.36. The van der Waals surface area contributed by atoms with Crippen LogP contribution >= 0.6 is 23.2 Å². The Kier molecular flexibility index (Phi) is 6.21. The molecule has 0 radical (unpaired) electrons. The zero-order chi connectivity index (χ0) is 22.0. The Bertz CT molecular complexity index is 1210. The first-order valence-electron chi connectivity index (χ1n) is 10.0. The molecule has 0 unspecified atom stereocenters. The van der Waals surface area contributed by atoms with Crippen molar-refractivity contribution in [1.82, 2.24) is 9.36 Å². The van der Waals surface area contributed by atoms with Gasteiger partial charge in [0.1, 0.15) is 5.69 Å². The molecule has 0 fully saturated rings. The molecule has 0 saturated heterocycles. The predicted octanol–water partition coefficient (Wildman–Crippen LogP) is 6.00. The van der Waals surface area contributed by atoms with Crippen molar-refractivity contribution in [2.45, 2.75) is 20.0 Å². The fraction of sp³-hybridized carbons (Fsp3) is 0.160. The van der Waals surface area contributed by atoms with E-state index in [0.717, 1.165) is 22.5 Å². The first-order valence-corrected chi connectivity index (χ1v) is 10.8. The molecule has 0 bridgehead atoms. The van der Waals surface area contributed by atoms with E-state index < -0.39 is 0 Å². The van der Waals surface area contributed by atoms with E-state index in [1.165, 1.54) is 0 Å². The Morgan fingerprint density at radius 1 is 0.806 bits per heavy atom. The average molecular weight is 452 g/mol. The van der Waals surface area contributed by atoms with Crippen LogP contribution in [0.25, 0.3) is 5.69 Å². The molecule has 4 nitrogen and oxygen atoms in total. The maximum atomic E-state index is 13.6. The van der Waals surface area contributed by atoms with Gasteiger partial charge in [-0.2, -0.15) is 0 Å². The summed E-state index contributed by atoms with van der Waals surface area (Å²) in [4.78, 5) is 15.7. The second kappa shape index (κ2) is 9.04. The van der Waals surface area contributed by atoms with E-state index in [-0.39, 0.29) is 5.56 Å². The Hall–Kier alpha value is -2.95. The molecule has 1 heterocycles. The molecule has 31 heavy (non-hydrogen) atoms. The summed E-state index contributed by atoms with van der Waals surface area (Å²) in [7, 11) is 1.91. The number of halogens is 2. The summed E-state index contributed by atoms with van der Waals surface area (Å²) in [6.07, 6.45) is 0. The van der Waals surface area contributed by atoms with Crippen LogP contribution in [0, 0.1) is 6.92 Å². The third kappa shape index (κ3) is 4.55. The number of para-hydroxylation sites is 1. The van der Waals surface area contributed by atoms with Gasteiger partial charge in [-0.1, -0.05) is 65.7 Å². The van der Waals surface area contributed by atoms with E-state index in [1.807, 2.05) is 97.5 Å². The van der Waals surface area contributed by atoms with E-state index in [0.29, 0.717) is 28.8 Å². The number of anilines is 1. The largest absolute Gasteiger partial charge is 0.357 e. The highest BCUT2D eigenvalue weighted by Gasteiger charge is 2.22. The van der Waals surface area contributed by atoms with Crippen molar-refractivity contribution in [3.63, 3.8) is 0 Å². The second-order valence-corrected chi connectivity index (χ2v) is 8.40. The van der Waals surface area contributed by atoms with Crippen LogP contribution in [0.15, 0.2) is 83.7 Å². The molecule has 0 saturated carbocycles. The topological polar surface area (TPSA) is 30.2 Å². The molecular weight excluding hydrogens is 429 g/mol. The molecule has 4 rings (SSSR count). The van der Waals surface area contributed by atoms with E-state index >= 15 is 0 Å². The van der Waals surface area contributed by atoms with Crippen LogP contribution in [-0.2, 0) is 20.1 Å². The molecule has 0 aliphatic rings. The summed E-state index contributed by atoms with van der Waals surface area (Å²) in [5.74, 6) is 0. The maximum Gasteiger partial charge on any atom is 0.295 e. The van der Waals surface area contributed by atoms with E-state index in [4.69, 9.17) is 23.2 Å². The van der Waals surface area contributed by atoms with Crippen molar-refractivity contribution in [3.05, 3.63) is 116 Å². The Labute approximate surface area is 191 Å². The standard InChI is InChI=1S/C25H23Cl2N3O/c1-18-24(25(31)30(28(18)2)23-12-4-3-5-13-23)29(16-19-8-6-10-21(26)14-19)17-20-9-7-11-22(27)15-20/h3-15H,16-17H2,1-2H3. The summed E-state index contributed by atoms with van der Waals surface area (Å²) >= 11 is 12.4. The van der Waals surface area contributed by atoms with Crippen molar-refractivity contribution >= 4 is 28.9 Å². The van der Waals surface area contributed by atoms with Gasteiger partial charge in [-0.3, -0.25) is 9.48 Å². The van der Waals surface area contributed by atoms with Crippen LogP contribution in [0.2, 0.25) is 10.0 Å². The maximum absolute atomic E-state index is 13.6. The highest BCUT2D eigenvalue weighted by molar-refractivity contribution is 6.30. The lowest BCUT2D eigenvalue weighted by molar-refractivity contribution is 0.630. The number of hydrogen-bond donors (Lipinski definition) is 0. The Morgan fingerprint density at radius 3 is 1.87 bits per heavy atom. The molecule has 0 aliphatic carbocycles. The first kappa shape index (κ1) is 21.3. The summed E-state index contributed by atoms with van der Waals surface area (Å²) in [5, 5.41) is 1.35. The summed E-state index contributed by atoms with van der Waals surface area (Å²) in [5.41, 5.74) is 4.38. The third-order valence-corrected chi connectivity index (χ3v) is 5.84. The van der Waals surface area contributed by atoms with Gasteiger partial charge in [0, 0.05) is 30.2 Å². The molecule has 158 valence electrons. The van der Waals surface area contributed by atoms with Crippen LogP contribution in [0.1, 0.15) is 16.8 Å². The molecule has 1 aromatic heterocycles. The minimum Gasteiger partial charge on any atom is -0.357 e. The number of hydrogen-bond acceptors (Lipinski definition) is 2. The van der Waals surface area contributed by atoms with Crippen LogP contribution in [0.4, 0.5) is 5.69 Å². The zero-order valence-corrected chi connectivity index (χ0v) is 18.9. The molecule has 0 atom stereocenters. The van der Waals surface area contributed by atoms with Crippen molar-refractivity contribution in [2.24, 2.45) is 7.05 Å². The molecule has 0 aliphatic heterocycles. The minimum absolute atomic E-state index is 0.0599. The molecule has 0 N–H and O–H groups in total. The van der Waals surface area contributed by atoms with Gasteiger partial charge in [-0.15, -0.1) is 0 Å². The van der Waals surface area contributed by atoms with Crippen molar-refractivity contribution in [3.8, 4) is 5.69 Å². The second-order valence-electron chi connectivity index (χ2n) is 7.53. The normalized spacial score (nSPS) is 11.0. The van der Waals surface area contributed by atoms with Crippen LogP contribution in [0.3, 0.4) is 0 Å². The Balaban J connectivity index is 1.82. The molecule has 4 aromatic rings. The van der Waals surface area contributed by atoms with Crippen LogP contribution in [-0.4, -0.2) is 9.36 Å². The van der Waals surface area contributed by atoms with Gasteiger partial charge in [-0.25, -0.2) is 4.68 Å². The van der Waals surface area contributed by atoms with Gasteiger partial charge in [0.25, 0.3) is 5.56 Å². The van der Waals surface area contributed by atoms with Crippen LogP contribution in [0.5, 0.6) is 0 Å². The molecule has 0 spiro atoms. The highest BCUT2D eigenvalue weighted by Crippen LogP contribution is 2.24. The lowest BCUT2D eigenvalue weighted by Gasteiger charge is -2.24. The lowest BCUT2D eigenvalue weighted by Crippen LogP contribution is -2.29. The summed E-state index contributed by atoms with van der Waals surface area (Å²) < 4.78 is 3.60. The molecular formula is C25H23Cl2N3O. The van der Waals surface area contributed by atoms with Gasteiger partial charge in [0.2, 0.25) is 0 Å². The molecule has 3 aromatic carbocycles. The van der Waals surface area contributed by atoms with Crippen molar-refractivity contribution in [2.75, 3.05) is 4.90 Å². The monoisotopic (exact) mass is 451 g/mol. The zero-order valence-electron chi connectivity index (χ0n) is 17.4. The van der Waals surface area contributed by atoms with E-state index in [2.05, 4.69) is 4.90 Å². The number of benzene rings is 3. The van der Waals surface area contributed by atoms with Gasteiger partial charge in [0.05, 0.1) is 11.4 Å². The van der Waals surface area contributed by atoms with Gasteiger partial charge < -0.3 is 4.90 Å². The molecule has 6 heteroatoms. The summed E-state index contributed by atoms with van der Waals surface area (Å²) in [6.45, 7) is 3.06. The predicted molar refractivity (Wildman–Crippen MR) is 129 cm³/mol. The SMILES string of the molecule is Cc1c(N(Cc2cccc(Cl)c2)Cc2cccc(Cl)c2)c(=O)n(-c2ccccc2)n1C. The highest BCUT2D eigenvalue weighted by atomic mass is 35.5. The Morgan fingerprint density at radius 2 is 1.35 bits per heavy atom. The van der Waals surface area contributed by atoms with Crippen molar-refractivity contribution < 1.29 is 0 Å². The summed E-state index contributed by atoms with van der Waals surface area (Å²) in [6, 6.07) is 25.1. The smallest absolute Gasteiger partial charge is 0.295 e. The number of rotatable bonds is 6. The average Bonchev–Trinajstić information content (AvgIpc) is 2.96. The fourth-order valence-electron chi connectivity index (χ4n) is 3.84. The van der Waals surface area contributed by atoms with Gasteiger partial charge in [-0.05, 0) is 54.4 Å². The van der Waals surface area contributed by atoms with E-state index in [9.17, 15) is 4.79 Å². The number of aromatic nitrogens is 2.